The fourth-order valence-electron chi connectivity index (χ4n) is 2.87. The van der Waals surface area contributed by atoms with E-state index >= 15 is 0 Å². The van der Waals surface area contributed by atoms with Crippen molar-refractivity contribution in [1.82, 2.24) is 10.6 Å². The maximum Gasteiger partial charge on any atom is 0.311 e. The smallest absolute Gasteiger partial charge is 0.311 e. The number of rotatable bonds is 2. The van der Waals surface area contributed by atoms with Gasteiger partial charge in [-0.3, -0.25) is 0 Å². The van der Waals surface area contributed by atoms with E-state index in [1.807, 2.05) is 0 Å². The molecule has 4 nitrogen and oxygen atoms in total. The number of hydrogen-bond donors (Lipinski definition) is 3. The Balaban J connectivity index is 0.000000280. The van der Waals surface area contributed by atoms with Gasteiger partial charge in [0.15, 0.2) is 0 Å². The Kier molecular flexibility index (Phi) is 7.81. The lowest BCUT2D eigenvalue weighted by Crippen LogP contribution is -2.40. The first-order valence-corrected chi connectivity index (χ1v) is 7.45. The summed E-state index contributed by atoms with van der Waals surface area (Å²) in [5.74, 6) is 0. The first kappa shape index (κ1) is 15.3. The van der Waals surface area contributed by atoms with Crippen molar-refractivity contribution < 1.29 is 4.79 Å². The molecule has 2 fully saturated rings. The highest BCUT2D eigenvalue weighted by molar-refractivity contribution is 5.71. The zero-order valence-corrected chi connectivity index (χ0v) is 11.7. The highest BCUT2D eigenvalue weighted by atomic mass is 16.2. The van der Waals surface area contributed by atoms with Gasteiger partial charge in [0.1, 0.15) is 0 Å². The minimum Gasteiger partial charge on any atom is -0.352 e. The highest BCUT2D eigenvalue weighted by Gasteiger charge is 2.19. The van der Waals surface area contributed by atoms with Gasteiger partial charge >= 0.3 is 6.03 Å². The molecule has 0 bridgehead atoms. The van der Waals surface area contributed by atoms with Gasteiger partial charge in [-0.2, -0.15) is 0 Å². The van der Waals surface area contributed by atoms with E-state index in [9.17, 15) is 4.79 Å². The van der Waals surface area contributed by atoms with E-state index in [4.69, 9.17) is 0 Å². The molecule has 2 aliphatic rings. The number of primary amides is 1. The Morgan fingerprint density at radius 3 is 1.50 bits per heavy atom. The van der Waals surface area contributed by atoms with Gasteiger partial charge in [-0.1, -0.05) is 38.5 Å². The summed E-state index contributed by atoms with van der Waals surface area (Å²) in [7, 11) is 1.47. The van der Waals surface area contributed by atoms with Crippen molar-refractivity contribution in [2.45, 2.75) is 76.3 Å². The van der Waals surface area contributed by atoms with Crippen molar-refractivity contribution in [2.24, 2.45) is 5.73 Å². The van der Waals surface area contributed by atoms with Crippen molar-refractivity contribution in [1.29, 1.82) is 0 Å². The molecule has 0 spiro atoms. The maximum atomic E-state index is 9.48. The summed E-state index contributed by atoms with van der Waals surface area (Å²) < 4.78 is 0. The molecule has 4 N–H and O–H groups in total. The van der Waals surface area contributed by atoms with Crippen LogP contribution in [0, 0.1) is 0 Å². The van der Waals surface area contributed by atoms with Crippen LogP contribution in [0.4, 0.5) is 4.79 Å². The van der Waals surface area contributed by atoms with E-state index in [-0.39, 0.29) is 0 Å². The van der Waals surface area contributed by atoms with E-state index in [1.54, 1.807) is 0 Å². The summed E-state index contributed by atoms with van der Waals surface area (Å²) in [5, 5.41) is 6.02. The monoisotopic (exact) mass is 255 g/mol. The maximum absolute atomic E-state index is 9.48. The molecule has 2 aliphatic carbocycles. The summed E-state index contributed by atoms with van der Waals surface area (Å²) in [6, 6.07) is 1.25. The standard InChI is InChI=1S/C12H23N.C2H6N2O/c1-3-7-11(8-4-1)13-12-9-5-2-6-10-12;1-4-2(3)5/h11-13H,1-10H2;1H3,(H3,3,4,5). The zero-order chi connectivity index (χ0) is 13.2. The topological polar surface area (TPSA) is 67.2 Å². The van der Waals surface area contributed by atoms with Crippen LogP contribution in [0.3, 0.4) is 0 Å². The lowest BCUT2D eigenvalue weighted by atomic mass is 9.91. The molecule has 0 heterocycles. The molecule has 0 saturated heterocycles. The molecular formula is C14H29N3O. The van der Waals surface area contributed by atoms with Crippen LogP contribution in [0.15, 0.2) is 0 Å². The van der Waals surface area contributed by atoms with Crippen LogP contribution in [0.25, 0.3) is 0 Å². The van der Waals surface area contributed by atoms with Crippen LogP contribution in [0.5, 0.6) is 0 Å². The van der Waals surface area contributed by atoms with Crippen molar-refractivity contribution in [2.75, 3.05) is 7.05 Å². The Morgan fingerprint density at radius 2 is 1.22 bits per heavy atom. The third kappa shape index (κ3) is 6.84. The SMILES string of the molecule is C1CCC(NC2CCCCC2)CC1.CNC(N)=O. The molecule has 2 amide bonds. The number of nitrogens with two attached hydrogens (primary N) is 1. The van der Waals surface area contributed by atoms with Crippen LogP contribution < -0.4 is 16.4 Å². The average Bonchev–Trinajstić information content (AvgIpc) is 2.42. The normalized spacial score (nSPS) is 21.8. The lowest BCUT2D eigenvalue weighted by molar-refractivity contribution is 0.251. The third-order valence-corrected chi connectivity index (χ3v) is 3.93. The van der Waals surface area contributed by atoms with Gasteiger partial charge in [0, 0.05) is 19.1 Å². The Bertz CT molecular complexity index is 205. The predicted molar refractivity (Wildman–Crippen MR) is 75.5 cm³/mol. The van der Waals surface area contributed by atoms with Crippen molar-refractivity contribution in [3.63, 3.8) is 0 Å². The largest absolute Gasteiger partial charge is 0.352 e. The van der Waals surface area contributed by atoms with Crippen molar-refractivity contribution >= 4 is 6.03 Å². The molecule has 0 aromatic heterocycles. The Morgan fingerprint density at radius 1 is 0.889 bits per heavy atom. The molecule has 106 valence electrons. The minimum absolute atomic E-state index is 0.495. The first-order chi connectivity index (χ1) is 8.72. The summed E-state index contributed by atoms with van der Waals surface area (Å²) >= 11 is 0. The van der Waals surface area contributed by atoms with Crippen LogP contribution >= 0.6 is 0 Å². The van der Waals surface area contributed by atoms with Crippen LogP contribution in [-0.4, -0.2) is 25.2 Å². The van der Waals surface area contributed by atoms with E-state index in [0.29, 0.717) is 0 Å². The second-order valence-corrected chi connectivity index (χ2v) is 5.45. The van der Waals surface area contributed by atoms with Gasteiger partial charge in [0.25, 0.3) is 0 Å². The zero-order valence-electron chi connectivity index (χ0n) is 11.7. The fourth-order valence-corrected chi connectivity index (χ4v) is 2.87. The third-order valence-electron chi connectivity index (χ3n) is 3.93. The van der Waals surface area contributed by atoms with E-state index in [2.05, 4.69) is 16.4 Å². The molecule has 0 aliphatic heterocycles. The van der Waals surface area contributed by atoms with Gasteiger partial charge in [-0.25, -0.2) is 4.79 Å². The molecule has 18 heavy (non-hydrogen) atoms. The number of urea groups is 1. The molecule has 2 rings (SSSR count). The molecule has 0 radical (unpaired) electrons. The molecule has 0 aromatic carbocycles. The Hall–Kier alpha value is -0.770. The van der Waals surface area contributed by atoms with E-state index in [1.165, 1.54) is 71.3 Å². The van der Waals surface area contributed by atoms with Crippen LogP contribution in [0.2, 0.25) is 0 Å². The highest BCUT2D eigenvalue weighted by Crippen LogP contribution is 2.22. The van der Waals surface area contributed by atoms with E-state index < -0.39 is 6.03 Å². The average molecular weight is 255 g/mol. The van der Waals surface area contributed by atoms with Crippen molar-refractivity contribution in [3.8, 4) is 0 Å². The first-order valence-electron chi connectivity index (χ1n) is 7.45. The van der Waals surface area contributed by atoms with Crippen LogP contribution in [0.1, 0.15) is 64.2 Å². The minimum atomic E-state index is -0.495. The van der Waals surface area contributed by atoms with Gasteiger partial charge in [0.05, 0.1) is 0 Å². The summed E-state index contributed by atoms with van der Waals surface area (Å²) in [6.45, 7) is 0. The quantitative estimate of drug-likeness (QED) is 0.710. The molecule has 2 saturated carbocycles. The lowest BCUT2D eigenvalue weighted by Gasteiger charge is -2.30. The number of hydrogen-bond acceptors (Lipinski definition) is 2. The number of amides is 2. The summed E-state index contributed by atoms with van der Waals surface area (Å²) in [5.41, 5.74) is 4.54. The fraction of sp³-hybridized carbons (Fsp3) is 0.929. The van der Waals surface area contributed by atoms with Crippen LogP contribution in [-0.2, 0) is 0 Å². The predicted octanol–water partition coefficient (Wildman–Crippen LogP) is 2.53. The number of nitrogens with one attached hydrogen (secondary N) is 2. The van der Waals surface area contributed by atoms with E-state index in [0.717, 1.165) is 12.1 Å². The molecular weight excluding hydrogens is 226 g/mol. The Labute approximate surface area is 111 Å². The summed E-state index contributed by atoms with van der Waals surface area (Å²) in [4.78, 5) is 9.48. The second kappa shape index (κ2) is 9.20. The van der Waals surface area contributed by atoms with Gasteiger partial charge in [-0.05, 0) is 25.7 Å². The number of carbonyl (C=O) groups excluding carboxylic acids is 1. The van der Waals surface area contributed by atoms with Crippen molar-refractivity contribution in [3.05, 3.63) is 0 Å². The van der Waals surface area contributed by atoms with Gasteiger partial charge < -0.3 is 16.4 Å². The number of carbonyl (C=O) groups is 1. The van der Waals surface area contributed by atoms with Gasteiger partial charge in [-0.15, -0.1) is 0 Å². The second-order valence-electron chi connectivity index (χ2n) is 5.45. The molecule has 4 heteroatoms. The van der Waals surface area contributed by atoms with Gasteiger partial charge in [0.2, 0.25) is 0 Å². The molecule has 0 aromatic rings. The summed E-state index contributed by atoms with van der Waals surface area (Å²) in [6.07, 6.45) is 14.6. The molecule has 0 unspecified atom stereocenters. The molecule has 0 atom stereocenters.